The van der Waals surface area contributed by atoms with Crippen molar-refractivity contribution in [2.75, 3.05) is 12.3 Å². The summed E-state index contributed by atoms with van der Waals surface area (Å²) in [6.07, 6.45) is 2.16. The Balaban J connectivity index is 2.19. The number of halogens is 1. The van der Waals surface area contributed by atoms with Crippen LogP contribution >= 0.6 is 11.6 Å². The summed E-state index contributed by atoms with van der Waals surface area (Å²) in [4.78, 5) is 16.0. The van der Waals surface area contributed by atoms with Crippen LogP contribution in [-0.2, 0) is 4.74 Å². The predicted octanol–water partition coefficient (Wildman–Crippen LogP) is 1.61. The Hall–Kier alpha value is -1.33. The highest BCUT2D eigenvalue weighted by Crippen LogP contribution is 2.26. The highest BCUT2D eigenvalue weighted by atomic mass is 35.5. The second-order valence-electron chi connectivity index (χ2n) is 4.74. The molecule has 2 unspecified atom stereocenters. The quantitative estimate of drug-likeness (QED) is 0.800. The zero-order valence-electron chi connectivity index (χ0n) is 10.4. The van der Waals surface area contributed by atoms with Crippen molar-refractivity contribution >= 4 is 23.2 Å². The summed E-state index contributed by atoms with van der Waals surface area (Å²) in [7, 11) is 0. The van der Waals surface area contributed by atoms with Gasteiger partial charge in [-0.2, -0.15) is 0 Å². The molecule has 0 radical (unpaired) electrons. The molecule has 3 N–H and O–H groups in total. The Bertz CT molecular complexity index is 480. The molecule has 1 aliphatic rings. The fourth-order valence-electron chi connectivity index (χ4n) is 1.95. The van der Waals surface area contributed by atoms with E-state index < -0.39 is 0 Å². The molecule has 2 atom stereocenters. The summed E-state index contributed by atoms with van der Waals surface area (Å²) >= 11 is 5.90. The average molecular weight is 270 g/mol. The second-order valence-corrected chi connectivity index (χ2v) is 5.10. The van der Waals surface area contributed by atoms with Gasteiger partial charge in [-0.05, 0) is 26.3 Å². The number of hydrogen-bond acceptors (Lipinski definition) is 4. The van der Waals surface area contributed by atoms with Crippen LogP contribution in [0.3, 0.4) is 0 Å². The maximum Gasteiger partial charge on any atom is 0.254 e. The molecule has 1 aromatic rings. The monoisotopic (exact) mass is 269 g/mol. The molecule has 1 amide bonds. The van der Waals surface area contributed by atoms with Gasteiger partial charge in [0.25, 0.3) is 5.91 Å². The van der Waals surface area contributed by atoms with Gasteiger partial charge in [0.2, 0.25) is 0 Å². The number of nitrogens with one attached hydrogen (secondary N) is 1. The molecule has 1 aliphatic heterocycles. The minimum atomic E-state index is -0.384. The van der Waals surface area contributed by atoms with Gasteiger partial charge in [-0.15, -0.1) is 0 Å². The lowest BCUT2D eigenvalue weighted by molar-refractivity contribution is 0.0727. The van der Waals surface area contributed by atoms with E-state index >= 15 is 0 Å². The van der Waals surface area contributed by atoms with Gasteiger partial charge in [0.15, 0.2) is 0 Å². The number of amides is 1. The van der Waals surface area contributed by atoms with Crippen molar-refractivity contribution in [1.29, 1.82) is 0 Å². The molecular formula is C12H16ClN3O2. The van der Waals surface area contributed by atoms with Crippen LogP contribution in [0.1, 0.15) is 30.6 Å². The third-order valence-electron chi connectivity index (χ3n) is 3.39. The van der Waals surface area contributed by atoms with Crippen LogP contribution in [-0.4, -0.2) is 29.1 Å². The zero-order chi connectivity index (χ0) is 13.3. The molecule has 1 fully saturated rings. The fourth-order valence-corrected chi connectivity index (χ4v) is 2.14. The van der Waals surface area contributed by atoms with Crippen LogP contribution in [0.5, 0.6) is 0 Å². The van der Waals surface area contributed by atoms with Crippen LogP contribution in [0.2, 0.25) is 5.15 Å². The molecule has 0 aromatic carbocycles. The highest BCUT2D eigenvalue weighted by molar-refractivity contribution is 6.32. The van der Waals surface area contributed by atoms with Gasteiger partial charge in [0.05, 0.1) is 29.1 Å². The lowest BCUT2D eigenvalue weighted by Gasteiger charge is -2.29. The van der Waals surface area contributed by atoms with Gasteiger partial charge >= 0.3 is 0 Å². The van der Waals surface area contributed by atoms with Crippen molar-refractivity contribution in [3.63, 3.8) is 0 Å². The van der Waals surface area contributed by atoms with E-state index in [1.165, 1.54) is 12.3 Å². The number of nitrogens with two attached hydrogens (primary N) is 1. The number of rotatable bonds is 2. The smallest absolute Gasteiger partial charge is 0.254 e. The minimum Gasteiger partial charge on any atom is -0.397 e. The third kappa shape index (κ3) is 2.42. The first kappa shape index (κ1) is 13.1. The number of carbonyl (C=O) groups is 1. The fraction of sp³-hybridized carbons (Fsp3) is 0.500. The van der Waals surface area contributed by atoms with E-state index in [-0.39, 0.29) is 28.3 Å². The average Bonchev–Trinajstić information content (AvgIpc) is 2.62. The van der Waals surface area contributed by atoms with Gasteiger partial charge in [0, 0.05) is 6.61 Å². The highest BCUT2D eigenvalue weighted by Gasteiger charge is 2.38. The van der Waals surface area contributed by atoms with Gasteiger partial charge in [-0.1, -0.05) is 11.6 Å². The molecule has 1 aromatic heterocycles. The lowest BCUT2D eigenvalue weighted by Crippen LogP contribution is -2.50. The summed E-state index contributed by atoms with van der Waals surface area (Å²) < 4.78 is 5.47. The number of ether oxygens (including phenoxy) is 1. The number of pyridine rings is 1. The van der Waals surface area contributed by atoms with Gasteiger partial charge < -0.3 is 15.8 Å². The Morgan fingerprint density at radius 1 is 1.72 bits per heavy atom. The van der Waals surface area contributed by atoms with Crippen LogP contribution in [0.25, 0.3) is 0 Å². The SMILES string of the molecule is CC1OCCC1(C)NC(=O)c1cc(N)cnc1Cl. The van der Waals surface area contributed by atoms with E-state index in [9.17, 15) is 4.79 Å². The minimum absolute atomic E-state index is 0.0331. The van der Waals surface area contributed by atoms with Crippen molar-refractivity contribution in [2.45, 2.75) is 31.9 Å². The summed E-state index contributed by atoms with van der Waals surface area (Å²) in [5, 5.41) is 3.10. The number of nitrogen functional groups attached to an aromatic ring is 1. The largest absolute Gasteiger partial charge is 0.397 e. The molecule has 1 saturated heterocycles. The molecule has 18 heavy (non-hydrogen) atoms. The van der Waals surface area contributed by atoms with E-state index in [1.807, 2.05) is 13.8 Å². The normalized spacial score (nSPS) is 27.2. The second kappa shape index (κ2) is 4.74. The summed E-state index contributed by atoms with van der Waals surface area (Å²) in [6.45, 7) is 4.53. The standard InChI is InChI=1S/C12H16ClN3O2/c1-7-12(2,3-4-18-7)16-11(17)9-5-8(14)6-15-10(9)13/h5-7H,3-4,14H2,1-2H3,(H,16,17). The maximum absolute atomic E-state index is 12.2. The first-order valence-corrected chi connectivity index (χ1v) is 6.15. The van der Waals surface area contributed by atoms with Crippen molar-refractivity contribution in [2.24, 2.45) is 0 Å². The first-order valence-electron chi connectivity index (χ1n) is 5.77. The number of aromatic nitrogens is 1. The Kier molecular flexibility index (Phi) is 3.45. The van der Waals surface area contributed by atoms with Gasteiger partial charge in [0.1, 0.15) is 5.15 Å². The number of anilines is 1. The Labute approximate surface area is 111 Å². The van der Waals surface area contributed by atoms with Crippen molar-refractivity contribution in [3.05, 3.63) is 23.0 Å². The third-order valence-corrected chi connectivity index (χ3v) is 3.69. The van der Waals surface area contributed by atoms with Crippen LogP contribution in [0.4, 0.5) is 5.69 Å². The molecule has 6 heteroatoms. The molecule has 2 rings (SSSR count). The Morgan fingerprint density at radius 3 is 3.06 bits per heavy atom. The van der Waals surface area contributed by atoms with E-state index in [4.69, 9.17) is 22.1 Å². The summed E-state index contributed by atoms with van der Waals surface area (Å²) in [5.41, 5.74) is 5.92. The van der Waals surface area contributed by atoms with E-state index in [1.54, 1.807) is 0 Å². The van der Waals surface area contributed by atoms with Crippen LogP contribution in [0.15, 0.2) is 12.3 Å². The van der Waals surface area contributed by atoms with E-state index in [0.717, 1.165) is 6.42 Å². The topological polar surface area (TPSA) is 77.2 Å². The van der Waals surface area contributed by atoms with Crippen LogP contribution < -0.4 is 11.1 Å². The molecule has 0 saturated carbocycles. The van der Waals surface area contributed by atoms with Gasteiger partial charge in [-0.25, -0.2) is 4.98 Å². The number of hydrogen-bond donors (Lipinski definition) is 2. The molecular weight excluding hydrogens is 254 g/mol. The van der Waals surface area contributed by atoms with E-state index in [2.05, 4.69) is 10.3 Å². The van der Waals surface area contributed by atoms with Crippen LogP contribution in [0, 0.1) is 0 Å². The molecule has 5 nitrogen and oxygen atoms in total. The van der Waals surface area contributed by atoms with Crippen molar-refractivity contribution in [1.82, 2.24) is 10.3 Å². The molecule has 0 aliphatic carbocycles. The first-order chi connectivity index (χ1) is 8.42. The number of nitrogens with zero attached hydrogens (tertiary/aromatic N) is 1. The van der Waals surface area contributed by atoms with Crippen molar-refractivity contribution in [3.8, 4) is 0 Å². The lowest BCUT2D eigenvalue weighted by atomic mass is 9.94. The van der Waals surface area contributed by atoms with Crippen molar-refractivity contribution < 1.29 is 9.53 Å². The summed E-state index contributed by atoms with van der Waals surface area (Å²) in [6, 6.07) is 1.52. The maximum atomic E-state index is 12.2. The Morgan fingerprint density at radius 2 is 2.44 bits per heavy atom. The predicted molar refractivity (Wildman–Crippen MR) is 69.6 cm³/mol. The summed E-state index contributed by atoms with van der Waals surface area (Å²) in [5.74, 6) is -0.278. The van der Waals surface area contributed by atoms with E-state index in [0.29, 0.717) is 12.3 Å². The zero-order valence-corrected chi connectivity index (χ0v) is 11.1. The molecule has 0 spiro atoms. The van der Waals surface area contributed by atoms with Gasteiger partial charge in [-0.3, -0.25) is 4.79 Å². The number of carbonyl (C=O) groups excluding carboxylic acids is 1. The molecule has 98 valence electrons. The molecule has 2 heterocycles. The molecule has 0 bridgehead atoms.